The molecule has 0 unspecified atom stereocenters. The third-order valence-electron chi connectivity index (χ3n) is 2.64. The highest BCUT2D eigenvalue weighted by Crippen LogP contribution is 2.28. The van der Waals surface area contributed by atoms with Gasteiger partial charge in [0.15, 0.2) is 0 Å². The Balaban J connectivity index is 2.83. The van der Waals surface area contributed by atoms with Crippen molar-refractivity contribution in [2.75, 3.05) is 5.73 Å². The molecule has 0 aliphatic rings. The Morgan fingerprint density at radius 1 is 1.29 bits per heavy atom. The molecule has 1 aromatic heterocycles. The number of nitrogens with two attached hydrogens (primary N) is 1. The molecular formula is C12H16N2. The van der Waals surface area contributed by atoms with Crippen molar-refractivity contribution < 1.29 is 0 Å². The van der Waals surface area contributed by atoms with Crippen LogP contribution in [0.4, 0.5) is 5.69 Å². The number of nitrogens with zero attached hydrogens (tertiary/aromatic N) is 1. The number of fused-ring (bicyclic) bond motifs is 1. The van der Waals surface area contributed by atoms with Crippen molar-refractivity contribution in [2.24, 2.45) is 7.05 Å². The van der Waals surface area contributed by atoms with Gasteiger partial charge >= 0.3 is 0 Å². The molecule has 0 amide bonds. The van der Waals surface area contributed by atoms with Crippen molar-refractivity contribution in [3.05, 3.63) is 30.0 Å². The van der Waals surface area contributed by atoms with E-state index in [1.807, 2.05) is 6.07 Å². The van der Waals surface area contributed by atoms with Crippen molar-refractivity contribution in [2.45, 2.75) is 19.8 Å². The molecule has 1 heterocycles. The fourth-order valence-corrected chi connectivity index (χ4v) is 1.95. The number of aryl methyl sites for hydroxylation is 1. The summed E-state index contributed by atoms with van der Waals surface area (Å²) in [4.78, 5) is 0. The van der Waals surface area contributed by atoms with E-state index in [0.717, 1.165) is 5.69 Å². The lowest BCUT2D eigenvalue weighted by Crippen LogP contribution is -1.96. The number of benzene rings is 1. The van der Waals surface area contributed by atoms with Gasteiger partial charge in [-0.3, -0.25) is 0 Å². The van der Waals surface area contributed by atoms with Gasteiger partial charge in [-0.05, 0) is 29.7 Å². The summed E-state index contributed by atoms with van der Waals surface area (Å²) in [6.07, 6.45) is 2.08. The van der Waals surface area contributed by atoms with E-state index in [1.165, 1.54) is 16.5 Å². The lowest BCUT2D eigenvalue weighted by atomic mass is 10.00. The van der Waals surface area contributed by atoms with Gasteiger partial charge in [0.05, 0.1) is 5.52 Å². The van der Waals surface area contributed by atoms with E-state index in [9.17, 15) is 0 Å². The van der Waals surface area contributed by atoms with Gasteiger partial charge in [-0.25, -0.2) is 0 Å². The Morgan fingerprint density at radius 2 is 2.00 bits per heavy atom. The first kappa shape index (κ1) is 9.13. The summed E-state index contributed by atoms with van der Waals surface area (Å²) >= 11 is 0. The molecule has 1 aromatic carbocycles. The summed E-state index contributed by atoms with van der Waals surface area (Å²) in [5.41, 5.74) is 9.34. The molecule has 0 spiro atoms. The van der Waals surface area contributed by atoms with Gasteiger partial charge in [-0.15, -0.1) is 0 Å². The van der Waals surface area contributed by atoms with Gasteiger partial charge in [-0.1, -0.05) is 13.8 Å². The SMILES string of the molecule is CC(C)c1cc(N)cc2ccn(C)c12. The predicted molar refractivity (Wildman–Crippen MR) is 61.4 cm³/mol. The molecule has 2 aromatic rings. The lowest BCUT2D eigenvalue weighted by Gasteiger charge is -2.10. The molecule has 74 valence electrons. The van der Waals surface area contributed by atoms with E-state index in [1.54, 1.807) is 0 Å². The Kier molecular flexibility index (Phi) is 1.99. The minimum absolute atomic E-state index is 0.509. The fraction of sp³-hybridized carbons (Fsp3) is 0.333. The molecule has 0 saturated heterocycles. The van der Waals surface area contributed by atoms with Crippen molar-refractivity contribution in [3.63, 3.8) is 0 Å². The monoisotopic (exact) mass is 188 g/mol. The van der Waals surface area contributed by atoms with Crippen molar-refractivity contribution in [1.29, 1.82) is 0 Å². The van der Waals surface area contributed by atoms with Crippen LogP contribution < -0.4 is 5.73 Å². The smallest absolute Gasteiger partial charge is 0.0514 e. The van der Waals surface area contributed by atoms with E-state index in [2.05, 4.69) is 43.8 Å². The lowest BCUT2D eigenvalue weighted by molar-refractivity contribution is 0.857. The summed E-state index contributed by atoms with van der Waals surface area (Å²) < 4.78 is 2.16. The highest BCUT2D eigenvalue weighted by Gasteiger charge is 2.08. The minimum atomic E-state index is 0.509. The molecule has 0 fully saturated rings. The second kappa shape index (κ2) is 3.05. The van der Waals surface area contributed by atoms with Crippen LogP contribution >= 0.6 is 0 Å². The van der Waals surface area contributed by atoms with Crippen LogP contribution in [0.2, 0.25) is 0 Å². The number of nitrogen functional groups attached to an aromatic ring is 1. The van der Waals surface area contributed by atoms with E-state index in [-0.39, 0.29) is 0 Å². The summed E-state index contributed by atoms with van der Waals surface area (Å²) in [5.74, 6) is 0.509. The van der Waals surface area contributed by atoms with Crippen molar-refractivity contribution in [3.8, 4) is 0 Å². The van der Waals surface area contributed by atoms with Gasteiger partial charge in [0, 0.05) is 24.3 Å². The maximum atomic E-state index is 5.86. The molecule has 0 radical (unpaired) electrons. The largest absolute Gasteiger partial charge is 0.399 e. The first-order chi connectivity index (χ1) is 6.59. The topological polar surface area (TPSA) is 30.9 Å². The van der Waals surface area contributed by atoms with Gasteiger partial charge in [0.1, 0.15) is 0 Å². The predicted octanol–water partition coefficient (Wildman–Crippen LogP) is 2.88. The van der Waals surface area contributed by atoms with Crippen molar-refractivity contribution in [1.82, 2.24) is 4.57 Å². The van der Waals surface area contributed by atoms with E-state index in [4.69, 9.17) is 5.73 Å². The molecule has 2 heteroatoms. The molecule has 0 aliphatic carbocycles. The molecule has 2 rings (SSSR count). The van der Waals surface area contributed by atoms with Gasteiger partial charge in [-0.2, -0.15) is 0 Å². The average molecular weight is 188 g/mol. The van der Waals surface area contributed by atoms with Crippen LogP contribution in [0, 0.1) is 0 Å². The Labute approximate surface area is 84.3 Å². The molecule has 0 atom stereocenters. The molecule has 14 heavy (non-hydrogen) atoms. The maximum absolute atomic E-state index is 5.86. The highest BCUT2D eigenvalue weighted by atomic mass is 14.9. The highest BCUT2D eigenvalue weighted by molar-refractivity contribution is 5.87. The van der Waals surface area contributed by atoms with E-state index in [0.29, 0.717) is 5.92 Å². The minimum Gasteiger partial charge on any atom is -0.399 e. The quantitative estimate of drug-likeness (QED) is 0.685. The second-order valence-corrected chi connectivity index (χ2v) is 4.13. The Hall–Kier alpha value is -1.44. The fourth-order valence-electron chi connectivity index (χ4n) is 1.95. The van der Waals surface area contributed by atoms with Crippen LogP contribution in [0.25, 0.3) is 10.9 Å². The molecule has 2 nitrogen and oxygen atoms in total. The number of aromatic nitrogens is 1. The van der Waals surface area contributed by atoms with Gasteiger partial charge < -0.3 is 10.3 Å². The van der Waals surface area contributed by atoms with Crippen LogP contribution in [0.5, 0.6) is 0 Å². The molecular weight excluding hydrogens is 172 g/mol. The zero-order chi connectivity index (χ0) is 10.3. The van der Waals surface area contributed by atoms with Crippen LogP contribution in [0.3, 0.4) is 0 Å². The second-order valence-electron chi connectivity index (χ2n) is 4.13. The first-order valence-corrected chi connectivity index (χ1v) is 4.94. The average Bonchev–Trinajstić information content (AvgIpc) is 2.46. The van der Waals surface area contributed by atoms with Gasteiger partial charge in [0.25, 0.3) is 0 Å². The van der Waals surface area contributed by atoms with Crippen LogP contribution in [0.1, 0.15) is 25.3 Å². The summed E-state index contributed by atoms with van der Waals surface area (Å²) in [6, 6.07) is 6.21. The molecule has 0 aliphatic heterocycles. The van der Waals surface area contributed by atoms with Gasteiger partial charge in [0.2, 0.25) is 0 Å². The molecule has 0 bridgehead atoms. The summed E-state index contributed by atoms with van der Waals surface area (Å²) in [6.45, 7) is 4.39. The number of anilines is 1. The van der Waals surface area contributed by atoms with Crippen LogP contribution in [-0.4, -0.2) is 4.57 Å². The Bertz CT molecular complexity index is 466. The molecule has 0 saturated carbocycles. The zero-order valence-corrected chi connectivity index (χ0v) is 8.91. The van der Waals surface area contributed by atoms with E-state index >= 15 is 0 Å². The maximum Gasteiger partial charge on any atom is 0.0514 e. The first-order valence-electron chi connectivity index (χ1n) is 4.94. The number of rotatable bonds is 1. The van der Waals surface area contributed by atoms with Crippen molar-refractivity contribution >= 4 is 16.6 Å². The zero-order valence-electron chi connectivity index (χ0n) is 8.91. The Morgan fingerprint density at radius 3 is 2.64 bits per heavy atom. The number of hydrogen-bond acceptors (Lipinski definition) is 1. The third-order valence-corrected chi connectivity index (χ3v) is 2.64. The number of hydrogen-bond donors (Lipinski definition) is 1. The standard InChI is InChI=1S/C12H16N2/c1-8(2)11-7-10(13)6-9-4-5-14(3)12(9)11/h4-8H,13H2,1-3H3. The van der Waals surface area contributed by atoms with E-state index < -0.39 is 0 Å². The summed E-state index contributed by atoms with van der Waals surface area (Å²) in [7, 11) is 2.07. The third kappa shape index (κ3) is 1.27. The molecule has 2 N–H and O–H groups in total. The summed E-state index contributed by atoms with van der Waals surface area (Å²) in [5, 5.41) is 1.23. The van der Waals surface area contributed by atoms with Crippen LogP contribution in [0.15, 0.2) is 24.4 Å². The van der Waals surface area contributed by atoms with Crippen LogP contribution in [-0.2, 0) is 7.05 Å². The normalized spacial score (nSPS) is 11.4.